The fourth-order valence-electron chi connectivity index (χ4n) is 3.15. The number of aryl methyl sites for hydroxylation is 1. The lowest BCUT2D eigenvalue weighted by Crippen LogP contribution is -2.43. The van der Waals surface area contributed by atoms with Gasteiger partial charge in [0.1, 0.15) is 5.52 Å². The van der Waals surface area contributed by atoms with Crippen molar-refractivity contribution in [3.63, 3.8) is 0 Å². The van der Waals surface area contributed by atoms with Gasteiger partial charge < -0.3 is 14.6 Å². The molecule has 24 heavy (non-hydrogen) atoms. The van der Waals surface area contributed by atoms with Gasteiger partial charge in [0, 0.05) is 38.2 Å². The molecule has 1 saturated heterocycles. The number of benzene rings is 1. The summed E-state index contributed by atoms with van der Waals surface area (Å²) in [6.07, 6.45) is 3.07. The number of aromatic nitrogens is 1. The maximum Gasteiger partial charge on any atom is 0.229 e. The van der Waals surface area contributed by atoms with Gasteiger partial charge in [-0.25, -0.2) is 4.98 Å². The molecule has 1 unspecified atom stereocenters. The molecule has 1 fully saturated rings. The molecule has 0 radical (unpaired) electrons. The van der Waals surface area contributed by atoms with Crippen molar-refractivity contribution in [1.29, 1.82) is 0 Å². The SMILES string of the molecule is CCCC(=O)N1CCCC(C(=O)Nc2ccc3nc(C)oc3c2)C1. The average molecular weight is 329 g/mol. The minimum absolute atomic E-state index is 0.0421. The van der Waals surface area contributed by atoms with Gasteiger partial charge in [0.2, 0.25) is 11.8 Å². The molecule has 1 N–H and O–H groups in total. The summed E-state index contributed by atoms with van der Waals surface area (Å²) in [7, 11) is 0. The standard InChI is InChI=1S/C18H23N3O3/c1-3-5-17(22)21-9-4-6-13(11-21)18(23)20-14-7-8-15-16(10-14)24-12(2)19-15/h7-8,10,13H,3-6,9,11H2,1-2H3,(H,20,23). The van der Waals surface area contributed by atoms with E-state index in [0.29, 0.717) is 30.1 Å². The molecular formula is C18H23N3O3. The molecule has 2 heterocycles. The smallest absolute Gasteiger partial charge is 0.229 e. The van der Waals surface area contributed by atoms with E-state index in [0.717, 1.165) is 31.3 Å². The highest BCUT2D eigenvalue weighted by Gasteiger charge is 2.28. The Morgan fingerprint density at radius 1 is 1.42 bits per heavy atom. The first-order valence-corrected chi connectivity index (χ1v) is 8.52. The fourth-order valence-corrected chi connectivity index (χ4v) is 3.15. The Labute approximate surface area is 141 Å². The number of piperidine rings is 1. The van der Waals surface area contributed by atoms with Gasteiger partial charge in [-0.2, -0.15) is 0 Å². The minimum atomic E-state index is -0.160. The quantitative estimate of drug-likeness (QED) is 0.935. The summed E-state index contributed by atoms with van der Waals surface area (Å²) < 4.78 is 5.50. The van der Waals surface area contributed by atoms with Crippen molar-refractivity contribution in [2.45, 2.75) is 39.5 Å². The van der Waals surface area contributed by atoms with Crippen molar-refractivity contribution in [2.75, 3.05) is 18.4 Å². The summed E-state index contributed by atoms with van der Waals surface area (Å²) in [5, 5.41) is 2.94. The molecule has 0 aliphatic carbocycles. The summed E-state index contributed by atoms with van der Waals surface area (Å²) in [6, 6.07) is 5.44. The Morgan fingerprint density at radius 2 is 2.25 bits per heavy atom. The number of nitrogens with one attached hydrogen (secondary N) is 1. The fraction of sp³-hybridized carbons (Fsp3) is 0.500. The third-order valence-electron chi connectivity index (χ3n) is 4.37. The highest BCUT2D eigenvalue weighted by Crippen LogP contribution is 2.23. The van der Waals surface area contributed by atoms with Crippen molar-refractivity contribution >= 4 is 28.6 Å². The molecule has 0 saturated carbocycles. The lowest BCUT2D eigenvalue weighted by atomic mass is 9.96. The zero-order valence-electron chi connectivity index (χ0n) is 14.2. The topological polar surface area (TPSA) is 75.4 Å². The third-order valence-corrected chi connectivity index (χ3v) is 4.37. The number of oxazole rings is 1. The molecule has 2 amide bonds. The number of fused-ring (bicyclic) bond motifs is 1. The molecule has 1 aliphatic rings. The van der Waals surface area contributed by atoms with Gasteiger partial charge in [0.15, 0.2) is 11.5 Å². The van der Waals surface area contributed by atoms with Crippen LogP contribution in [0.2, 0.25) is 0 Å². The number of carbonyl (C=O) groups is 2. The van der Waals surface area contributed by atoms with Crippen LogP contribution in [0.4, 0.5) is 5.69 Å². The van der Waals surface area contributed by atoms with Crippen LogP contribution in [0.25, 0.3) is 11.1 Å². The highest BCUT2D eigenvalue weighted by atomic mass is 16.3. The number of hydrogen-bond acceptors (Lipinski definition) is 4. The minimum Gasteiger partial charge on any atom is -0.441 e. The first-order chi connectivity index (χ1) is 11.6. The summed E-state index contributed by atoms with van der Waals surface area (Å²) in [6.45, 7) is 5.05. The predicted octanol–water partition coefficient (Wildman–Crippen LogP) is 3.11. The van der Waals surface area contributed by atoms with E-state index >= 15 is 0 Å². The van der Waals surface area contributed by atoms with E-state index in [4.69, 9.17) is 4.42 Å². The Bertz CT molecular complexity index is 753. The summed E-state index contributed by atoms with van der Waals surface area (Å²) in [5.41, 5.74) is 2.13. The number of amides is 2. The predicted molar refractivity (Wildman–Crippen MR) is 91.6 cm³/mol. The number of rotatable bonds is 4. The van der Waals surface area contributed by atoms with Crippen LogP contribution < -0.4 is 5.32 Å². The van der Waals surface area contributed by atoms with Gasteiger partial charge in [-0.1, -0.05) is 6.92 Å². The van der Waals surface area contributed by atoms with Crippen LogP contribution in [0.3, 0.4) is 0 Å². The van der Waals surface area contributed by atoms with Crippen LogP contribution in [0.15, 0.2) is 22.6 Å². The van der Waals surface area contributed by atoms with Crippen LogP contribution >= 0.6 is 0 Å². The number of nitrogens with zero attached hydrogens (tertiary/aromatic N) is 2. The maximum absolute atomic E-state index is 12.5. The van der Waals surface area contributed by atoms with Crippen molar-refractivity contribution in [3.8, 4) is 0 Å². The molecule has 0 spiro atoms. The molecule has 1 aromatic heterocycles. The number of anilines is 1. The molecule has 1 aliphatic heterocycles. The van der Waals surface area contributed by atoms with Crippen LogP contribution in [-0.4, -0.2) is 34.8 Å². The molecule has 1 atom stereocenters. The first kappa shape index (κ1) is 16.5. The maximum atomic E-state index is 12.5. The van der Waals surface area contributed by atoms with Crippen molar-refractivity contribution < 1.29 is 14.0 Å². The van der Waals surface area contributed by atoms with Crippen molar-refractivity contribution in [3.05, 3.63) is 24.1 Å². The number of hydrogen-bond donors (Lipinski definition) is 1. The highest BCUT2D eigenvalue weighted by molar-refractivity contribution is 5.94. The average Bonchev–Trinajstić information content (AvgIpc) is 2.94. The lowest BCUT2D eigenvalue weighted by molar-refractivity contribution is -0.134. The second kappa shape index (κ2) is 7.03. The number of likely N-dealkylation sites (tertiary alicyclic amines) is 1. The van der Waals surface area contributed by atoms with Gasteiger partial charge >= 0.3 is 0 Å². The largest absolute Gasteiger partial charge is 0.441 e. The summed E-state index contributed by atoms with van der Waals surface area (Å²) >= 11 is 0. The second-order valence-electron chi connectivity index (χ2n) is 6.33. The monoisotopic (exact) mass is 329 g/mol. The van der Waals surface area contributed by atoms with E-state index in [1.54, 1.807) is 13.0 Å². The van der Waals surface area contributed by atoms with E-state index in [-0.39, 0.29) is 17.7 Å². The number of carbonyl (C=O) groups excluding carboxylic acids is 2. The van der Waals surface area contributed by atoms with E-state index in [2.05, 4.69) is 10.3 Å². The van der Waals surface area contributed by atoms with Crippen LogP contribution in [-0.2, 0) is 9.59 Å². The Morgan fingerprint density at radius 3 is 3.04 bits per heavy atom. The molecular weight excluding hydrogens is 306 g/mol. The zero-order valence-corrected chi connectivity index (χ0v) is 14.2. The first-order valence-electron chi connectivity index (χ1n) is 8.52. The Kier molecular flexibility index (Phi) is 4.83. The van der Waals surface area contributed by atoms with Gasteiger partial charge in [-0.3, -0.25) is 9.59 Å². The van der Waals surface area contributed by atoms with E-state index in [1.165, 1.54) is 0 Å². The van der Waals surface area contributed by atoms with Crippen molar-refractivity contribution in [2.24, 2.45) is 5.92 Å². The van der Waals surface area contributed by atoms with Gasteiger partial charge in [-0.15, -0.1) is 0 Å². The van der Waals surface area contributed by atoms with E-state index < -0.39 is 0 Å². The molecule has 128 valence electrons. The van der Waals surface area contributed by atoms with Crippen LogP contribution in [0.5, 0.6) is 0 Å². The molecule has 1 aromatic carbocycles. The van der Waals surface area contributed by atoms with Gasteiger partial charge in [0.25, 0.3) is 0 Å². The molecule has 6 nitrogen and oxygen atoms in total. The summed E-state index contributed by atoms with van der Waals surface area (Å²) in [4.78, 5) is 30.7. The Hall–Kier alpha value is -2.37. The zero-order chi connectivity index (χ0) is 17.1. The second-order valence-corrected chi connectivity index (χ2v) is 6.33. The molecule has 6 heteroatoms. The van der Waals surface area contributed by atoms with E-state index in [9.17, 15) is 9.59 Å². The lowest BCUT2D eigenvalue weighted by Gasteiger charge is -2.32. The normalized spacial score (nSPS) is 17.9. The summed E-state index contributed by atoms with van der Waals surface area (Å²) in [5.74, 6) is 0.547. The molecule has 0 bridgehead atoms. The van der Waals surface area contributed by atoms with E-state index in [1.807, 2.05) is 24.0 Å². The van der Waals surface area contributed by atoms with Crippen molar-refractivity contribution in [1.82, 2.24) is 9.88 Å². The van der Waals surface area contributed by atoms with Gasteiger partial charge in [0.05, 0.1) is 5.92 Å². The van der Waals surface area contributed by atoms with Gasteiger partial charge in [-0.05, 0) is 31.4 Å². The third kappa shape index (κ3) is 3.58. The Balaban J connectivity index is 1.65. The van der Waals surface area contributed by atoms with Crippen LogP contribution in [0, 0.1) is 12.8 Å². The molecule has 3 rings (SSSR count). The molecule has 2 aromatic rings. The van der Waals surface area contributed by atoms with Crippen LogP contribution in [0.1, 0.15) is 38.5 Å².